The van der Waals surface area contributed by atoms with Crippen LogP contribution in [0.4, 0.5) is 9.18 Å². The lowest BCUT2D eigenvalue weighted by molar-refractivity contribution is -0.132. The minimum atomic E-state index is -1.15. The van der Waals surface area contributed by atoms with Gasteiger partial charge < -0.3 is 5.32 Å². The first-order chi connectivity index (χ1) is 13.5. The van der Waals surface area contributed by atoms with Crippen molar-refractivity contribution in [2.75, 3.05) is 0 Å². The number of carbonyl (C=O) groups is 2. The second kappa shape index (κ2) is 7.62. The predicted octanol–water partition coefficient (Wildman–Crippen LogP) is 4.69. The molecule has 0 radical (unpaired) electrons. The molecular formula is C21H24FN3O2S. The molecule has 4 rings (SSSR count). The van der Waals surface area contributed by atoms with E-state index in [2.05, 4.69) is 5.32 Å². The number of nitrogens with zero attached hydrogens (tertiary/aromatic N) is 2. The number of amides is 3. The molecule has 1 saturated heterocycles. The van der Waals surface area contributed by atoms with Gasteiger partial charge in [0.05, 0.1) is 17.2 Å². The van der Waals surface area contributed by atoms with Crippen molar-refractivity contribution in [1.29, 1.82) is 0 Å². The van der Waals surface area contributed by atoms with Gasteiger partial charge in [0.15, 0.2) is 0 Å². The van der Waals surface area contributed by atoms with Gasteiger partial charge in [0.25, 0.3) is 5.91 Å². The minimum absolute atomic E-state index is 0.164. The van der Waals surface area contributed by atoms with Crippen LogP contribution in [0.1, 0.15) is 67.6 Å². The Morgan fingerprint density at radius 3 is 2.61 bits per heavy atom. The highest BCUT2D eigenvalue weighted by atomic mass is 32.1. The first kappa shape index (κ1) is 19.1. The van der Waals surface area contributed by atoms with Gasteiger partial charge in [-0.3, -0.25) is 9.69 Å². The molecule has 1 aromatic carbocycles. The fourth-order valence-electron chi connectivity index (χ4n) is 4.24. The highest BCUT2D eigenvalue weighted by molar-refractivity contribution is 7.09. The van der Waals surface area contributed by atoms with Crippen molar-refractivity contribution in [3.8, 4) is 0 Å². The summed E-state index contributed by atoms with van der Waals surface area (Å²) in [6.45, 7) is 2.01. The minimum Gasteiger partial charge on any atom is -0.319 e. The van der Waals surface area contributed by atoms with Crippen molar-refractivity contribution in [2.24, 2.45) is 0 Å². The number of hydrogen-bond acceptors (Lipinski definition) is 4. The van der Waals surface area contributed by atoms with E-state index >= 15 is 0 Å². The first-order valence-corrected chi connectivity index (χ1v) is 10.8. The number of urea groups is 1. The monoisotopic (exact) mass is 401 g/mol. The van der Waals surface area contributed by atoms with E-state index in [-0.39, 0.29) is 18.3 Å². The van der Waals surface area contributed by atoms with Gasteiger partial charge in [-0.2, -0.15) is 0 Å². The van der Waals surface area contributed by atoms with Crippen molar-refractivity contribution >= 4 is 23.3 Å². The van der Waals surface area contributed by atoms with Crippen LogP contribution in [0.15, 0.2) is 29.6 Å². The fraction of sp³-hybridized carbons (Fsp3) is 0.476. The molecule has 1 unspecified atom stereocenters. The Hall–Kier alpha value is -2.28. The molecule has 7 heteroatoms. The van der Waals surface area contributed by atoms with Gasteiger partial charge in [-0.1, -0.05) is 38.3 Å². The molecular weight excluding hydrogens is 377 g/mol. The third-order valence-electron chi connectivity index (χ3n) is 5.89. The average Bonchev–Trinajstić information content (AvgIpc) is 3.28. The molecule has 1 saturated carbocycles. The number of hydrogen-bond donors (Lipinski definition) is 1. The summed E-state index contributed by atoms with van der Waals surface area (Å²) in [5, 5.41) is 5.90. The summed E-state index contributed by atoms with van der Waals surface area (Å²) in [6, 6.07) is 5.32. The van der Waals surface area contributed by atoms with Crippen LogP contribution < -0.4 is 5.32 Å². The Morgan fingerprint density at radius 1 is 1.21 bits per heavy atom. The van der Waals surface area contributed by atoms with E-state index in [0.29, 0.717) is 17.9 Å². The quantitative estimate of drug-likeness (QED) is 0.740. The Balaban J connectivity index is 1.54. The molecule has 2 fully saturated rings. The van der Waals surface area contributed by atoms with Crippen LogP contribution in [0.5, 0.6) is 0 Å². The fourth-order valence-corrected chi connectivity index (χ4v) is 5.22. The zero-order valence-electron chi connectivity index (χ0n) is 15.9. The van der Waals surface area contributed by atoms with Crippen LogP contribution in [-0.4, -0.2) is 21.8 Å². The molecule has 1 N–H and O–H groups in total. The molecule has 5 nitrogen and oxygen atoms in total. The Morgan fingerprint density at radius 2 is 1.93 bits per heavy atom. The second-order valence-corrected chi connectivity index (χ2v) is 8.49. The maximum absolute atomic E-state index is 13.3. The van der Waals surface area contributed by atoms with Gasteiger partial charge in [-0.15, -0.1) is 11.3 Å². The number of nitrogens with one attached hydrogen (secondary N) is 1. The van der Waals surface area contributed by atoms with Crippen LogP contribution in [-0.2, 0) is 16.9 Å². The third-order valence-corrected chi connectivity index (χ3v) is 6.94. The summed E-state index contributed by atoms with van der Waals surface area (Å²) in [6.07, 6.45) is 6.50. The van der Waals surface area contributed by atoms with Crippen LogP contribution in [0.3, 0.4) is 0 Å². The van der Waals surface area contributed by atoms with Crippen molar-refractivity contribution < 1.29 is 14.0 Å². The summed E-state index contributed by atoms with van der Waals surface area (Å²) < 4.78 is 13.3. The number of thiazole rings is 1. The van der Waals surface area contributed by atoms with E-state index in [1.54, 1.807) is 23.5 Å². The second-order valence-electron chi connectivity index (χ2n) is 7.60. The van der Waals surface area contributed by atoms with Crippen LogP contribution in [0.2, 0.25) is 0 Å². The van der Waals surface area contributed by atoms with Gasteiger partial charge in [-0.05, 0) is 37.0 Å². The Bertz CT molecular complexity index is 876. The molecule has 1 atom stereocenters. The highest BCUT2D eigenvalue weighted by Crippen LogP contribution is 2.36. The number of aromatic nitrogens is 1. The number of halogens is 1. The van der Waals surface area contributed by atoms with E-state index in [0.717, 1.165) is 10.7 Å². The van der Waals surface area contributed by atoms with Crippen LogP contribution in [0, 0.1) is 5.82 Å². The van der Waals surface area contributed by atoms with E-state index < -0.39 is 11.6 Å². The van der Waals surface area contributed by atoms with Crippen LogP contribution in [0.25, 0.3) is 0 Å². The van der Waals surface area contributed by atoms with Gasteiger partial charge in [0.1, 0.15) is 11.4 Å². The predicted molar refractivity (Wildman–Crippen MR) is 105 cm³/mol. The standard InChI is InChI=1S/C21H24FN3O2S/c1-2-21(15-8-10-16(22)11-9-15)19(26)25(20(27)24-21)12-17-13-28-18(23-17)14-6-4-3-5-7-14/h8-11,13-14H,2-7,12H2,1H3,(H,24,27). The summed E-state index contributed by atoms with van der Waals surface area (Å²) in [7, 11) is 0. The van der Waals surface area contributed by atoms with Gasteiger partial charge in [-0.25, -0.2) is 14.2 Å². The lowest BCUT2D eigenvalue weighted by Crippen LogP contribution is -2.43. The lowest BCUT2D eigenvalue weighted by atomic mass is 9.87. The van der Waals surface area contributed by atoms with E-state index in [1.807, 2.05) is 12.3 Å². The largest absolute Gasteiger partial charge is 0.325 e. The Labute approximate surface area is 168 Å². The molecule has 148 valence electrons. The van der Waals surface area contributed by atoms with E-state index in [9.17, 15) is 14.0 Å². The van der Waals surface area contributed by atoms with Crippen LogP contribution >= 0.6 is 11.3 Å². The third kappa shape index (κ3) is 3.32. The zero-order valence-corrected chi connectivity index (χ0v) is 16.7. The molecule has 3 amide bonds. The van der Waals surface area contributed by atoms with Crippen molar-refractivity contribution in [3.05, 3.63) is 51.7 Å². The van der Waals surface area contributed by atoms with Crippen molar-refractivity contribution in [1.82, 2.24) is 15.2 Å². The number of imide groups is 1. The maximum Gasteiger partial charge on any atom is 0.325 e. The number of rotatable bonds is 5. The summed E-state index contributed by atoms with van der Waals surface area (Å²) in [5.41, 5.74) is 0.200. The van der Waals surface area contributed by atoms with Gasteiger partial charge in [0, 0.05) is 11.3 Å². The van der Waals surface area contributed by atoms with E-state index in [1.165, 1.54) is 49.1 Å². The number of carbonyl (C=O) groups excluding carboxylic acids is 2. The molecule has 28 heavy (non-hydrogen) atoms. The SMILES string of the molecule is CCC1(c2ccc(F)cc2)NC(=O)N(Cc2csc(C3CCCCC3)n2)C1=O. The van der Waals surface area contributed by atoms with Crippen molar-refractivity contribution in [2.45, 2.75) is 63.5 Å². The topological polar surface area (TPSA) is 62.3 Å². The van der Waals surface area contributed by atoms with Gasteiger partial charge in [0.2, 0.25) is 0 Å². The molecule has 2 heterocycles. The molecule has 0 bridgehead atoms. The zero-order chi connectivity index (χ0) is 19.7. The molecule has 2 aliphatic rings. The van der Waals surface area contributed by atoms with E-state index in [4.69, 9.17) is 4.98 Å². The highest BCUT2D eigenvalue weighted by Gasteiger charge is 2.51. The molecule has 1 aliphatic carbocycles. The summed E-state index contributed by atoms with van der Waals surface area (Å²) in [5.74, 6) is -0.176. The smallest absolute Gasteiger partial charge is 0.319 e. The van der Waals surface area contributed by atoms with Crippen molar-refractivity contribution in [3.63, 3.8) is 0 Å². The lowest BCUT2D eigenvalue weighted by Gasteiger charge is -2.25. The first-order valence-electron chi connectivity index (χ1n) is 9.88. The summed E-state index contributed by atoms with van der Waals surface area (Å²) in [4.78, 5) is 31.7. The average molecular weight is 402 g/mol. The molecule has 2 aromatic rings. The molecule has 1 aromatic heterocycles. The molecule has 1 aliphatic heterocycles. The van der Waals surface area contributed by atoms with Gasteiger partial charge >= 0.3 is 6.03 Å². The normalized spacial score (nSPS) is 23.3. The molecule has 0 spiro atoms. The summed E-state index contributed by atoms with van der Waals surface area (Å²) >= 11 is 1.62. The maximum atomic E-state index is 13.3. The Kier molecular flexibility index (Phi) is 5.19. The number of benzene rings is 1.